The fourth-order valence-electron chi connectivity index (χ4n) is 2.84. The van der Waals surface area contributed by atoms with Crippen molar-refractivity contribution in [3.63, 3.8) is 0 Å². The van der Waals surface area contributed by atoms with Crippen LogP contribution in [0, 0.1) is 13.8 Å². The van der Waals surface area contributed by atoms with E-state index in [4.69, 9.17) is 9.47 Å². The van der Waals surface area contributed by atoms with Crippen LogP contribution < -0.4 is 20.2 Å². The van der Waals surface area contributed by atoms with Crippen LogP contribution in [-0.2, 0) is 9.59 Å². The lowest BCUT2D eigenvalue weighted by molar-refractivity contribution is -0.136. The van der Waals surface area contributed by atoms with Gasteiger partial charge in [0.25, 0.3) is 0 Å². The van der Waals surface area contributed by atoms with Crippen molar-refractivity contribution >= 4 is 29.7 Å². The van der Waals surface area contributed by atoms with E-state index < -0.39 is 17.8 Å². The molecule has 3 aromatic rings. The summed E-state index contributed by atoms with van der Waals surface area (Å²) in [5.41, 5.74) is 5.44. The molecular weight excluding hydrogens is 422 g/mol. The molecule has 0 radical (unpaired) electrons. The number of nitrogens with one attached hydrogen (secondary N) is 2. The highest BCUT2D eigenvalue weighted by Gasteiger charge is 2.14. The number of anilines is 1. The largest absolute Gasteiger partial charge is 0.497 e. The van der Waals surface area contributed by atoms with E-state index in [1.54, 1.807) is 54.6 Å². The molecule has 0 saturated carbocycles. The van der Waals surface area contributed by atoms with E-state index in [0.717, 1.165) is 11.1 Å². The zero-order valence-corrected chi connectivity index (χ0v) is 18.4. The van der Waals surface area contributed by atoms with Gasteiger partial charge in [0.2, 0.25) is 0 Å². The second kappa shape index (κ2) is 10.7. The smallest absolute Gasteiger partial charge is 0.343 e. The van der Waals surface area contributed by atoms with Crippen LogP contribution in [0.5, 0.6) is 11.5 Å². The highest BCUT2D eigenvalue weighted by molar-refractivity contribution is 6.39. The summed E-state index contributed by atoms with van der Waals surface area (Å²) >= 11 is 0. The summed E-state index contributed by atoms with van der Waals surface area (Å²) in [6.45, 7) is 3.72. The van der Waals surface area contributed by atoms with Crippen LogP contribution in [-0.4, -0.2) is 31.1 Å². The Balaban J connectivity index is 1.58. The number of nitrogens with zero attached hydrogens (tertiary/aromatic N) is 1. The quantitative estimate of drug-likeness (QED) is 0.198. The minimum atomic E-state index is -0.909. The van der Waals surface area contributed by atoms with Crippen molar-refractivity contribution in [2.75, 3.05) is 12.4 Å². The van der Waals surface area contributed by atoms with E-state index in [1.165, 1.54) is 13.3 Å². The number of carbonyl (C=O) groups is 3. The molecule has 3 rings (SSSR count). The van der Waals surface area contributed by atoms with Gasteiger partial charge in [-0.15, -0.1) is 0 Å². The Kier molecular flexibility index (Phi) is 7.54. The molecule has 0 aliphatic heterocycles. The molecule has 2 N–H and O–H groups in total. The first-order valence-electron chi connectivity index (χ1n) is 10.0. The van der Waals surface area contributed by atoms with Gasteiger partial charge in [-0.05, 0) is 66.9 Å². The Morgan fingerprint density at radius 2 is 1.64 bits per heavy atom. The number of ether oxygens (including phenoxy) is 2. The Bertz CT molecular complexity index is 1220. The highest BCUT2D eigenvalue weighted by atomic mass is 16.5. The molecular formula is C25H23N3O5. The molecule has 0 aliphatic carbocycles. The van der Waals surface area contributed by atoms with E-state index in [1.807, 2.05) is 26.0 Å². The van der Waals surface area contributed by atoms with Crippen molar-refractivity contribution in [2.24, 2.45) is 5.10 Å². The van der Waals surface area contributed by atoms with E-state index in [2.05, 4.69) is 15.8 Å². The molecule has 0 fully saturated rings. The maximum Gasteiger partial charge on any atom is 0.343 e. The summed E-state index contributed by atoms with van der Waals surface area (Å²) in [6.07, 6.45) is 1.34. The van der Waals surface area contributed by atoms with Crippen LogP contribution in [0.1, 0.15) is 27.0 Å². The molecule has 0 heterocycles. The molecule has 0 aliphatic rings. The number of hydrogen-bond acceptors (Lipinski definition) is 6. The number of rotatable bonds is 6. The lowest BCUT2D eigenvalue weighted by Gasteiger charge is -2.08. The van der Waals surface area contributed by atoms with Gasteiger partial charge in [0.1, 0.15) is 11.5 Å². The third kappa shape index (κ3) is 6.51. The number of carbonyl (C=O) groups excluding carboxylic acids is 3. The molecule has 0 unspecified atom stereocenters. The van der Waals surface area contributed by atoms with Crippen LogP contribution in [0.3, 0.4) is 0 Å². The number of benzene rings is 3. The van der Waals surface area contributed by atoms with Gasteiger partial charge >= 0.3 is 17.8 Å². The Morgan fingerprint density at radius 3 is 2.42 bits per heavy atom. The molecule has 8 nitrogen and oxygen atoms in total. The number of methoxy groups -OCH3 is 1. The average molecular weight is 445 g/mol. The highest BCUT2D eigenvalue weighted by Crippen LogP contribution is 2.18. The molecule has 0 saturated heterocycles. The van der Waals surface area contributed by atoms with Crippen LogP contribution in [0.2, 0.25) is 0 Å². The van der Waals surface area contributed by atoms with E-state index in [9.17, 15) is 14.4 Å². The summed E-state index contributed by atoms with van der Waals surface area (Å²) < 4.78 is 10.5. The third-order valence-corrected chi connectivity index (χ3v) is 4.60. The third-order valence-electron chi connectivity index (χ3n) is 4.60. The molecule has 2 amide bonds. The van der Waals surface area contributed by atoms with Crippen LogP contribution in [0.25, 0.3) is 0 Å². The SMILES string of the molecule is COc1cccc(C(=O)Oc2cccc(/C=N/NC(=O)C(=O)Nc3cc(C)ccc3C)c2)c1. The van der Waals surface area contributed by atoms with Crippen molar-refractivity contribution in [2.45, 2.75) is 13.8 Å². The first-order valence-corrected chi connectivity index (χ1v) is 10.0. The minimum Gasteiger partial charge on any atom is -0.497 e. The van der Waals surface area contributed by atoms with Gasteiger partial charge in [-0.1, -0.05) is 30.3 Å². The molecule has 3 aromatic carbocycles. The van der Waals surface area contributed by atoms with Crippen molar-refractivity contribution in [1.29, 1.82) is 0 Å². The van der Waals surface area contributed by atoms with Crippen LogP contribution in [0.15, 0.2) is 71.8 Å². The van der Waals surface area contributed by atoms with Gasteiger partial charge < -0.3 is 14.8 Å². The van der Waals surface area contributed by atoms with Crippen molar-refractivity contribution < 1.29 is 23.9 Å². The van der Waals surface area contributed by atoms with Crippen LogP contribution >= 0.6 is 0 Å². The Morgan fingerprint density at radius 1 is 0.879 bits per heavy atom. The van der Waals surface area contributed by atoms with Gasteiger partial charge in [0, 0.05) is 5.69 Å². The zero-order valence-electron chi connectivity index (χ0n) is 18.4. The maximum atomic E-state index is 12.4. The van der Waals surface area contributed by atoms with Gasteiger partial charge in [-0.3, -0.25) is 9.59 Å². The van der Waals surface area contributed by atoms with Crippen molar-refractivity contribution in [3.8, 4) is 11.5 Å². The molecule has 0 spiro atoms. The number of hydrogen-bond donors (Lipinski definition) is 2. The van der Waals surface area contributed by atoms with Gasteiger partial charge in [0.05, 0.1) is 18.9 Å². The van der Waals surface area contributed by atoms with E-state index >= 15 is 0 Å². The second-order valence-corrected chi connectivity index (χ2v) is 7.17. The molecule has 8 heteroatoms. The average Bonchev–Trinajstić information content (AvgIpc) is 2.81. The summed E-state index contributed by atoms with van der Waals surface area (Å²) in [7, 11) is 1.51. The summed E-state index contributed by atoms with van der Waals surface area (Å²) in [6, 6.07) is 18.7. The lowest BCUT2D eigenvalue weighted by atomic mass is 10.1. The Hall–Kier alpha value is -4.46. The standard InChI is InChI=1S/C25H23N3O5/c1-16-10-11-17(2)22(12-16)27-23(29)24(30)28-26-15-18-6-4-9-21(13-18)33-25(31)19-7-5-8-20(14-19)32-3/h4-15H,1-3H3,(H,27,29)(H,28,30)/b26-15+. The number of esters is 1. The van der Waals surface area contributed by atoms with Crippen LogP contribution in [0.4, 0.5) is 5.69 Å². The number of hydrazone groups is 1. The Labute approximate surface area is 191 Å². The number of amides is 2. The molecule has 33 heavy (non-hydrogen) atoms. The maximum absolute atomic E-state index is 12.4. The first kappa shape index (κ1) is 23.2. The summed E-state index contributed by atoms with van der Waals surface area (Å²) in [5.74, 6) is -1.44. The van der Waals surface area contributed by atoms with E-state index in [0.29, 0.717) is 28.3 Å². The monoisotopic (exact) mass is 445 g/mol. The predicted molar refractivity (Wildman–Crippen MR) is 125 cm³/mol. The van der Waals surface area contributed by atoms with Gasteiger partial charge in [0.15, 0.2) is 0 Å². The van der Waals surface area contributed by atoms with Crippen molar-refractivity contribution in [1.82, 2.24) is 5.43 Å². The molecule has 0 atom stereocenters. The molecule has 168 valence electrons. The van der Waals surface area contributed by atoms with E-state index in [-0.39, 0.29) is 0 Å². The first-order chi connectivity index (χ1) is 15.9. The summed E-state index contributed by atoms with van der Waals surface area (Å²) in [4.78, 5) is 36.5. The topological polar surface area (TPSA) is 106 Å². The number of aryl methyl sites for hydroxylation is 2. The summed E-state index contributed by atoms with van der Waals surface area (Å²) in [5, 5.41) is 6.37. The normalized spacial score (nSPS) is 10.5. The molecule has 0 aromatic heterocycles. The van der Waals surface area contributed by atoms with Crippen molar-refractivity contribution in [3.05, 3.63) is 89.0 Å². The predicted octanol–water partition coefficient (Wildman–Crippen LogP) is 3.62. The second-order valence-electron chi connectivity index (χ2n) is 7.17. The lowest BCUT2D eigenvalue weighted by Crippen LogP contribution is -2.32. The molecule has 0 bridgehead atoms. The zero-order chi connectivity index (χ0) is 23.8. The minimum absolute atomic E-state index is 0.297. The fourth-order valence-corrected chi connectivity index (χ4v) is 2.84. The van der Waals surface area contributed by atoms with Gasteiger partial charge in [-0.2, -0.15) is 5.10 Å². The fraction of sp³-hybridized carbons (Fsp3) is 0.120. The van der Waals surface area contributed by atoms with Gasteiger partial charge in [-0.25, -0.2) is 10.2 Å².